The van der Waals surface area contributed by atoms with Crippen molar-refractivity contribution in [1.29, 1.82) is 0 Å². The van der Waals surface area contributed by atoms with Crippen LogP contribution in [0, 0.1) is 0 Å². The highest BCUT2D eigenvalue weighted by Crippen LogP contribution is 2.33. The molecule has 2 aliphatic rings. The van der Waals surface area contributed by atoms with Gasteiger partial charge in [0, 0.05) is 42.5 Å². The number of carbonyl (C=O) groups is 1. The van der Waals surface area contributed by atoms with Crippen molar-refractivity contribution in [2.24, 2.45) is 15.7 Å². The van der Waals surface area contributed by atoms with E-state index in [9.17, 15) is 4.79 Å². The molecule has 0 radical (unpaired) electrons. The van der Waals surface area contributed by atoms with Gasteiger partial charge in [-0.05, 0) is 12.1 Å². The summed E-state index contributed by atoms with van der Waals surface area (Å²) in [5.74, 6) is 0.0263. The monoisotopic (exact) mass is 415 g/mol. The number of ether oxygens (including phenoxy) is 1. The molecule has 0 saturated carbocycles. The van der Waals surface area contributed by atoms with Crippen molar-refractivity contribution < 1.29 is 13.9 Å². The van der Waals surface area contributed by atoms with Crippen molar-refractivity contribution in [3.63, 3.8) is 0 Å². The predicted molar refractivity (Wildman–Crippen MR) is 119 cm³/mol. The Bertz CT molecular complexity index is 1200. The number of guanidine groups is 1. The summed E-state index contributed by atoms with van der Waals surface area (Å²) < 4.78 is 10.4. The number of benzene rings is 2. The van der Waals surface area contributed by atoms with Gasteiger partial charge in [-0.25, -0.2) is 14.8 Å². The van der Waals surface area contributed by atoms with Crippen LogP contribution in [0.3, 0.4) is 0 Å². The number of rotatable bonds is 3. The molecule has 3 aromatic rings. The topological polar surface area (TPSA) is 96.7 Å². The SMILES string of the molecule is NC(=Nc1ccccc1)N1CCN(C(=C2N=COC2=O)c2cccc3cocc23)CC1. The molecule has 0 aliphatic carbocycles. The first-order valence-electron chi connectivity index (χ1n) is 10.0. The third kappa shape index (κ3) is 3.63. The second-order valence-corrected chi connectivity index (χ2v) is 7.30. The normalized spacial score (nSPS) is 18.6. The van der Waals surface area contributed by atoms with Crippen molar-refractivity contribution in [2.45, 2.75) is 0 Å². The lowest BCUT2D eigenvalue weighted by molar-refractivity contribution is -0.129. The summed E-state index contributed by atoms with van der Waals surface area (Å²) >= 11 is 0. The first-order valence-corrected chi connectivity index (χ1v) is 10.0. The lowest BCUT2D eigenvalue weighted by Crippen LogP contribution is -2.50. The van der Waals surface area contributed by atoms with E-state index in [1.54, 1.807) is 12.5 Å². The highest BCUT2D eigenvalue weighted by molar-refractivity contribution is 6.06. The third-order valence-electron chi connectivity index (χ3n) is 5.45. The van der Waals surface area contributed by atoms with E-state index in [4.69, 9.17) is 14.9 Å². The molecular formula is C23H21N5O3. The van der Waals surface area contributed by atoms with Gasteiger partial charge in [0.1, 0.15) is 0 Å². The molecule has 156 valence electrons. The third-order valence-corrected chi connectivity index (χ3v) is 5.45. The van der Waals surface area contributed by atoms with Gasteiger partial charge >= 0.3 is 5.97 Å². The number of nitrogens with zero attached hydrogens (tertiary/aromatic N) is 4. The van der Waals surface area contributed by atoms with Gasteiger partial charge in [-0.2, -0.15) is 0 Å². The lowest BCUT2D eigenvalue weighted by atomic mass is 10.0. The van der Waals surface area contributed by atoms with E-state index >= 15 is 0 Å². The first kappa shape index (κ1) is 18.9. The fraction of sp³-hybridized carbons (Fsp3) is 0.174. The van der Waals surface area contributed by atoms with Crippen LogP contribution in [-0.4, -0.2) is 54.3 Å². The van der Waals surface area contributed by atoms with Crippen LogP contribution >= 0.6 is 0 Å². The number of cyclic esters (lactones) is 1. The zero-order chi connectivity index (χ0) is 21.2. The highest BCUT2D eigenvalue weighted by Gasteiger charge is 2.29. The molecule has 0 unspecified atom stereocenters. The van der Waals surface area contributed by atoms with E-state index in [1.807, 2.05) is 53.4 Å². The number of para-hydroxylation sites is 1. The molecule has 1 saturated heterocycles. The Labute approximate surface area is 178 Å². The zero-order valence-electron chi connectivity index (χ0n) is 16.8. The van der Waals surface area contributed by atoms with Crippen molar-refractivity contribution in [2.75, 3.05) is 26.2 Å². The maximum atomic E-state index is 12.4. The maximum absolute atomic E-state index is 12.4. The number of hydrogen-bond acceptors (Lipinski definition) is 6. The predicted octanol–water partition coefficient (Wildman–Crippen LogP) is 2.95. The van der Waals surface area contributed by atoms with E-state index in [-0.39, 0.29) is 0 Å². The Morgan fingerprint density at radius 3 is 2.48 bits per heavy atom. The minimum atomic E-state index is -0.455. The molecule has 5 rings (SSSR count). The van der Waals surface area contributed by atoms with E-state index in [2.05, 4.69) is 14.9 Å². The Kier molecular flexibility index (Phi) is 4.87. The van der Waals surface area contributed by atoms with Gasteiger partial charge in [-0.3, -0.25) is 0 Å². The van der Waals surface area contributed by atoms with Gasteiger partial charge in [0.05, 0.1) is 23.9 Å². The van der Waals surface area contributed by atoms with Crippen LogP contribution in [0.1, 0.15) is 5.56 Å². The lowest BCUT2D eigenvalue weighted by Gasteiger charge is -2.38. The molecule has 2 aromatic carbocycles. The molecule has 0 bridgehead atoms. The van der Waals surface area contributed by atoms with E-state index < -0.39 is 5.97 Å². The Morgan fingerprint density at radius 1 is 0.968 bits per heavy atom. The quantitative estimate of drug-likeness (QED) is 0.306. The van der Waals surface area contributed by atoms with Crippen LogP contribution in [0.5, 0.6) is 0 Å². The van der Waals surface area contributed by atoms with E-state index in [1.165, 1.54) is 6.40 Å². The highest BCUT2D eigenvalue weighted by atomic mass is 16.5. The van der Waals surface area contributed by atoms with Crippen molar-refractivity contribution >= 4 is 40.5 Å². The van der Waals surface area contributed by atoms with E-state index in [0.717, 1.165) is 27.7 Å². The average Bonchev–Trinajstić information content (AvgIpc) is 3.45. The Balaban J connectivity index is 1.44. The number of carbonyl (C=O) groups excluding carboxylic acids is 1. The van der Waals surface area contributed by atoms with E-state index in [0.29, 0.717) is 37.8 Å². The van der Waals surface area contributed by atoms with Crippen molar-refractivity contribution in [3.05, 3.63) is 72.3 Å². The molecule has 8 nitrogen and oxygen atoms in total. The molecule has 2 aliphatic heterocycles. The summed E-state index contributed by atoms with van der Waals surface area (Å²) in [5, 5.41) is 1.89. The number of esters is 1. The summed E-state index contributed by atoms with van der Waals surface area (Å²) in [6.07, 6.45) is 4.57. The summed E-state index contributed by atoms with van der Waals surface area (Å²) in [5.41, 5.74) is 9.00. The van der Waals surface area contributed by atoms with Crippen LogP contribution in [0.25, 0.3) is 16.5 Å². The molecule has 0 atom stereocenters. The van der Waals surface area contributed by atoms with Gasteiger partial charge in [0.25, 0.3) is 0 Å². The summed E-state index contributed by atoms with van der Waals surface area (Å²) in [4.78, 5) is 25.3. The summed E-state index contributed by atoms with van der Waals surface area (Å²) in [6.45, 7) is 2.64. The zero-order valence-corrected chi connectivity index (χ0v) is 16.8. The number of nitrogens with two attached hydrogens (primary N) is 1. The molecule has 1 fully saturated rings. The first-order chi connectivity index (χ1) is 15.2. The minimum Gasteiger partial charge on any atom is -0.471 e. The fourth-order valence-electron chi connectivity index (χ4n) is 3.90. The van der Waals surface area contributed by atoms with Gasteiger partial charge in [-0.1, -0.05) is 36.4 Å². The fourth-order valence-corrected chi connectivity index (χ4v) is 3.90. The number of piperazine rings is 1. The molecule has 3 heterocycles. The molecule has 2 N–H and O–H groups in total. The summed E-state index contributed by atoms with van der Waals surface area (Å²) in [7, 11) is 0. The van der Waals surface area contributed by atoms with Crippen LogP contribution in [0.4, 0.5) is 5.69 Å². The van der Waals surface area contributed by atoms with Crippen LogP contribution < -0.4 is 5.73 Å². The molecule has 31 heavy (non-hydrogen) atoms. The molecule has 0 spiro atoms. The Morgan fingerprint density at radius 2 is 1.74 bits per heavy atom. The van der Waals surface area contributed by atoms with Crippen molar-refractivity contribution in [3.8, 4) is 0 Å². The van der Waals surface area contributed by atoms with Crippen LogP contribution in [-0.2, 0) is 9.53 Å². The van der Waals surface area contributed by atoms with Crippen molar-refractivity contribution in [1.82, 2.24) is 9.80 Å². The summed E-state index contributed by atoms with van der Waals surface area (Å²) in [6, 6.07) is 15.5. The van der Waals surface area contributed by atoms with Gasteiger partial charge in [-0.15, -0.1) is 0 Å². The maximum Gasteiger partial charge on any atom is 0.365 e. The molecule has 1 aromatic heterocycles. The molecule has 8 heteroatoms. The smallest absolute Gasteiger partial charge is 0.365 e. The second kappa shape index (κ2) is 7.98. The number of hydrogen-bond donors (Lipinski definition) is 1. The van der Waals surface area contributed by atoms with Crippen LogP contribution in [0.2, 0.25) is 0 Å². The van der Waals surface area contributed by atoms with Crippen LogP contribution in [0.15, 0.2) is 81.2 Å². The number of furan rings is 1. The Hall–Kier alpha value is -4.07. The second-order valence-electron chi connectivity index (χ2n) is 7.30. The number of fused-ring (bicyclic) bond motifs is 1. The average molecular weight is 415 g/mol. The van der Waals surface area contributed by atoms with Gasteiger partial charge < -0.3 is 24.7 Å². The number of aliphatic imine (C=N–C) groups is 2. The standard InChI is InChI=1S/C23H21N5O3/c24-23(26-17-6-2-1-3-7-17)28-11-9-27(10-12-28)21(20-22(29)31-15-25-20)18-8-4-5-16-13-30-14-19(16)18/h1-8,13-15H,9-12H2,(H2,24,26). The molecule has 0 amide bonds. The van der Waals surface area contributed by atoms with Gasteiger partial charge in [0.2, 0.25) is 0 Å². The van der Waals surface area contributed by atoms with Gasteiger partial charge in [0.15, 0.2) is 18.1 Å². The largest absolute Gasteiger partial charge is 0.471 e. The molecular weight excluding hydrogens is 394 g/mol. The minimum absolute atomic E-state index is 0.299.